The van der Waals surface area contributed by atoms with Crippen molar-refractivity contribution >= 4 is 5.78 Å². The third kappa shape index (κ3) is 2.01. The molecule has 0 aliphatic heterocycles. The molecule has 3 heteroatoms. The van der Waals surface area contributed by atoms with Gasteiger partial charge in [0.05, 0.1) is 12.4 Å². The number of allylic oxidation sites excluding steroid dienone is 1. The average molecular weight is 318 g/mol. The molecule has 0 aromatic heterocycles. The summed E-state index contributed by atoms with van der Waals surface area (Å²) in [6.45, 7) is 4.68. The molecule has 4 saturated carbocycles. The van der Waals surface area contributed by atoms with Crippen molar-refractivity contribution in [1.29, 1.82) is 0 Å². The number of Topliss-reactive ketones (excluding diaryl/α,β-unsaturated/α-hetero) is 1. The van der Waals surface area contributed by atoms with E-state index in [4.69, 9.17) is 0 Å². The van der Waals surface area contributed by atoms with E-state index in [1.165, 1.54) is 19.3 Å². The van der Waals surface area contributed by atoms with Gasteiger partial charge in [-0.1, -0.05) is 13.8 Å². The topological polar surface area (TPSA) is 57.5 Å². The standard InChI is InChI=1S/C20H30O3/c1-19-8-7-16-14(15(19)5-6-18(19)23)4-3-13-9-17(22)12(11-21)10-20(13,16)2/h11,13-16,18,21,23H,3-10H2,1-2H3/t13?,14-,15-,16+,18?,19-,20-/m0/s1. The molecule has 4 aliphatic carbocycles. The summed E-state index contributed by atoms with van der Waals surface area (Å²) in [6, 6.07) is 0. The van der Waals surface area contributed by atoms with Crippen LogP contribution in [0.1, 0.15) is 65.2 Å². The van der Waals surface area contributed by atoms with Crippen LogP contribution in [0.4, 0.5) is 0 Å². The number of ketones is 1. The van der Waals surface area contributed by atoms with Crippen molar-refractivity contribution in [2.75, 3.05) is 0 Å². The first-order valence-electron chi connectivity index (χ1n) is 9.44. The zero-order valence-electron chi connectivity index (χ0n) is 14.4. The van der Waals surface area contributed by atoms with Crippen LogP contribution in [0.3, 0.4) is 0 Å². The summed E-state index contributed by atoms with van der Waals surface area (Å²) < 4.78 is 0. The lowest BCUT2D eigenvalue weighted by atomic mass is 9.45. The number of aliphatic hydroxyl groups is 2. The number of carbonyl (C=O) groups is 1. The minimum Gasteiger partial charge on any atom is -0.515 e. The van der Waals surface area contributed by atoms with E-state index in [0.29, 0.717) is 35.7 Å². The molecule has 0 radical (unpaired) electrons. The predicted octanol–water partition coefficient (Wildman–Crippen LogP) is 4.01. The highest BCUT2D eigenvalue weighted by Gasteiger charge is 2.60. The second-order valence-corrected chi connectivity index (χ2v) is 9.25. The molecule has 0 aromatic carbocycles. The molecule has 0 amide bonds. The Bertz CT molecular complexity index is 553. The van der Waals surface area contributed by atoms with Crippen molar-refractivity contribution in [3.05, 3.63) is 11.8 Å². The van der Waals surface area contributed by atoms with Crippen molar-refractivity contribution in [2.24, 2.45) is 34.5 Å². The normalized spacial score (nSPS) is 54.5. The van der Waals surface area contributed by atoms with Crippen LogP contribution >= 0.6 is 0 Å². The number of carbonyl (C=O) groups excluding carboxylic acids is 1. The average Bonchev–Trinajstić information content (AvgIpc) is 2.83. The van der Waals surface area contributed by atoms with E-state index in [0.717, 1.165) is 31.9 Å². The largest absolute Gasteiger partial charge is 0.515 e. The Kier molecular flexibility index (Phi) is 3.46. The summed E-state index contributed by atoms with van der Waals surface area (Å²) in [7, 11) is 0. The van der Waals surface area contributed by atoms with Gasteiger partial charge in [-0.3, -0.25) is 4.79 Å². The Morgan fingerprint density at radius 1 is 1.04 bits per heavy atom. The first-order valence-corrected chi connectivity index (χ1v) is 9.44. The lowest BCUT2D eigenvalue weighted by Crippen LogP contribution is -2.54. The Morgan fingerprint density at radius 3 is 2.52 bits per heavy atom. The number of hydrogen-bond donors (Lipinski definition) is 2. The minimum absolute atomic E-state index is 0.116. The molecule has 4 fully saturated rings. The molecular formula is C20H30O3. The third-order valence-electron chi connectivity index (χ3n) is 8.53. The van der Waals surface area contributed by atoms with Gasteiger partial charge < -0.3 is 10.2 Å². The van der Waals surface area contributed by atoms with Gasteiger partial charge in [0.1, 0.15) is 0 Å². The van der Waals surface area contributed by atoms with Gasteiger partial charge in [0.2, 0.25) is 0 Å². The number of hydrogen-bond acceptors (Lipinski definition) is 3. The molecule has 0 aromatic rings. The summed E-state index contributed by atoms with van der Waals surface area (Å²) in [5.74, 6) is 2.63. The fourth-order valence-electron chi connectivity index (χ4n) is 7.10. The smallest absolute Gasteiger partial charge is 0.162 e. The molecule has 3 nitrogen and oxygen atoms in total. The number of aliphatic hydroxyl groups excluding tert-OH is 2. The van der Waals surface area contributed by atoms with E-state index in [1.54, 1.807) is 0 Å². The second kappa shape index (κ2) is 5.08. The molecular weight excluding hydrogens is 288 g/mol. The van der Waals surface area contributed by atoms with Crippen molar-refractivity contribution in [3.63, 3.8) is 0 Å². The summed E-state index contributed by atoms with van der Waals surface area (Å²) >= 11 is 0. The van der Waals surface area contributed by atoms with E-state index >= 15 is 0 Å². The SMILES string of the molecule is C[C@]12CC(=CO)C(=O)CC1CC[C@@H]1[C@H]2CC[C@]2(C)C(O)CC[C@@H]12. The van der Waals surface area contributed by atoms with Crippen LogP contribution in [0, 0.1) is 34.5 Å². The lowest BCUT2D eigenvalue weighted by molar-refractivity contribution is -0.135. The predicted molar refractivity (Wildman–Crippen MR) is 88.8 cm³/mol. The number of rotatable bonds is 0. The van der Waals surface area contributed by atoms with Crippen LogP contribution in [-0.2, 0) is 4.79 Å². The van der Waals surface area contributed by atoms with Crippen molar-refractivity contribution in [1.82, 2.24) is 0 Å². The molecule has 0 heterocycles. The molecule has 2 unspecified atom stereocenters. The van der Waals surface area contributed by atoms with Gasteiger partial charge in [-0.2, -0.15) is 0 Å². The van der Waals surface area contributed by atoms with Crippen molar-refractivity contribution in [3.8, 4) is 0 Å². The Balaban J connectivity index is 1.66. The number of fused-ring (bicyclic) bond motifs is 5. The molecule has 0 bridgehead atoms. The molecule has 0 spiro atoms. The lowest BCUT2D eigenvalue weighted by Gasteiger charge is -2.60. The summed E-state index contributed by atoms with van der Waals surface area (Å²) in [5.41, 5.74) is 0.911. The zero-order chi connectivity index (χ0) is 16.4. The van der Waals surface area contributed by atoms with Gasteiger partial charge in [0, 0.05) is 12.0 Å². The molecule has 0 saturated heterocycles. The van der Waals surface area contributed by atoms with Gasteiger partial charge >= 0.3 is 0 Å². The highest BCUT2D eigenvalue weighted by molar-refractivity contribution is 5.96. The maximum atomic E-state index is 12.2. The maximum Gasteiger partial charge on any atom is 0.162 e. The third-order valence-corrected chi connectivity index (χ3v) is 8.53. The van der Waals surface area contributed by atoms with Gasteiger partial charge in [0.25, 0.3) is 0 Å². The maximum absolute atomic E-state index is 12.2. The first-order chi connectivity index (χ1) is 10.9. The van der Waals surface area contributed by atoms with Crippen molar-refractivity contribution < 1.29 is 15.0 Å². The molecule has 128 valence electrons. The van der Waals surface area contributed by atoms with Gasteiger partial charge in [-0.25, -0.2) is 0 Å². The molecule has 7 atom stereocenters. The summed E-state index contributed by atoms with van der Waals surface area (Å²) in [5, 5.41) is 20.0. The first kappa shape index (κ1) is 15.7. The highest BCUT2D eigenvalue weighted by atomic mass is 16.3. The molecule has 4 aliphatic rings. The fourth-order valence-corrected chi connectivity index (χ4v) is 7.10. The van der Waals surface area contributed by atoms with E-state index in [2.05, 4.69) is 13.8 Å². The van der Waals surface area contributed by atoms with Crippen LogP contribution in [0.15, 0.2) is 11.8 Å². The van der Waals surface area contributed by atoms with Gasteiger partial charge in [-0.05, 0) is 79.4 Å². The highest BCUT2D eigenvalue weighted by Crippen LogP contribution is 2.66. The Hall–Kier alpha value is -0.830. The van der Waals surface area contributed by atoms with Crippen LogP contribution in [0.25, 0.3) is 0 Å². The van der Waals surface area contributed by atoms with E-state index < -0.39 is 0 Å². The monoisotopic (exact) mass is 318 g/mol. The summed E-state index contributed by atoms with van der Waals surface area (Å²) in [6.07, 6.45) is 9.11. The quantitative estimate of drug-likeness (QED) is 0.524. The Labute approximate surface area is 139 Å². The van der Waals surface area contributed by atoms with Crippen LogP contribution < -0.4 is 0 Å². The van der Waals surface area contributed by atoms with E-state index in [-0.39, 0.29) is 22.7 Å². The molecule has 4 rings (SSSR count). The van der Waals surface area contributed by atoms with Gasteiger partial charge in [0.15, 0.2) is 5.78 Å². The van der Waals surface area contributed by atoms with E-state index in [1.807, 2.05) is 0 Å². The summed E-state index contributed by atoms with van der Waals surface area (Å²) in [4.78, 5) is 12.2. The Morgan fingerprint density at radius 2 is 1.78 bits per heavy atom. The van der Waals surface area contributed by atoms with Crippen LogP contribution in [-0.4, -0.2) is 22.1 Å². The van der Waals surface area contributed by atoms with Gasteiger partial charge in [-0.15, -0.1) is 0 Å². The van der Waals surface area contributed by atoms with E-state index in [9.17, 15) is 15.0 Å². The fraction of sp³-hybridized carbons (Fsp3) is 0.850. The van der Waals surface area contributed by atoms with Crippen LogP contribution in [0.5, 0.6) is 0 Å². The second-order valence-electron chi connectivity index (χ2n) is 9.25. The molecule has 2 N–H and O–H groups in total. The minimum atomic E-state index is -0.125. The van der Waals surface area contributed by atoms with Crippen molar-refractivity contribution in [2.45, 2.75) is 71.3 Å². The molecule has 23 heavy (non-hydrogen) atoms. The zero-order valence-corrected chi connectivity index (χ0v) is 14.4. The van der Waals surface area contributed by atoms with Crippen LogP contribution in [0.2, 0.25) is 0 Å².